The summed E-state index contributed by atoms with van der Waals surface area (Å²) >= 11 is 0. The fourth-order valence-corrected chi connectivity index (χ4v) is 9.19. The van der Waals surface area contributed by atoms with Crippen LogP contribution in [0.2, 0.25) is 16.6 Å². The number of hydrogen-bond acceptors (Lipinski definition) is 3. The second-order valence-corrected chi connectivity index (χ2v) is 13.9. The maximum absolute atomic E-state index is 11.4. The summed E-state index contributed by atoms with van der Waals surface area (Å²) in [7, 11) is -5.31. The molecule has 6 heteroatoms. The molecule has 4 nitrogen and oxygen atoms in total. The minimum Gasteiger partial charge on any atom is -0.543 e. The minimum absolute atomic E-state index is 0.471. The molecule has 0 aliphatic heterocycles. The lowest BCUT2D eigenvalue weighted by atomic mass is 10.3. The predicted octanol–water partition coefficient (Wildman–Crippen LogP) is 4.61. The van der Waals surface area contributed by atoms with Gasteiger partial charge in [-0.05, 0) is 28.8 Å². The van der Waals surface area contributed by atoms with E-state index in [1.54, 1.807) is 12.1 Å². The fourth-order valence-electron chi connectivity index (χ4n) is 3.39. The van der Waals surface area contributed by atoms with Crippen LogP contribution in [-0.2, 0) is 10.0 Å². The van der Waals surface area contributed by atoms with E-state index in [9.17, 15) is 8.42 Å². The van der Waals surface area contributed by atoms with E-state index in [1.807, 2.05) is 12.1 Å². The van der Waals surface area contributed by atoms with Crippen molar-refractivity contribution < 1.29 is 12.8 Å². The zero-order valence-electron chi connectivity index (χ0n) is 14.7. The Labute approximate surface area is 136 Å². The van der Waals surface area contributed by atoms with Crippen LogP contribution in [0.15, 0.2) is 24.3 Å². The molecule has 0 aliphatic carbocycles. The van der Waals surface area contributed by atoms with Crippen molar-refractivity contribution in [1.29, 1.82) is 0 Å². The summed E-state index contributed by atoms with van der Waals surface area (Å²) in [4.78, 5) is 0. The molecule has 0 fully saturated rings. The molecule has 0 amide bonds. The minimum atomic E-state index is -3.28. The number of anilines is 1. The third-order valence-electron chi connectivity index (χ3n) is 4.14. The van der Waals surface area contributed by atoms with Crippen molar-refractivity contribution in [2.75, 3.05) is 11.0 Å². The van der Waals surface area contributed by atoms with Crippen molar-refractivity contribution >= 4 is 24.0 Å². The molecule has 0 saturated heterocycles. The van der Waals surface area contributed by atoms with Crippen molar-refractivity contribution in [2.24, 2.45) is 0 Å². The first-order chi connectivity index (χ1) is 9.99. The molecule has 0 aliphatic rings. The normalized spacial score (nSPS) is 13.0. The average Bonchev–Trinajstić information content (AvgIpc) is 2.32. The van der Waals surface area contributed by atoms with Gasteiger partial charge in [0.1, 0.15) is 5.75 Å². The number of rotatable bonds is 7. The zero-order valence-corrected chi connectivity index (χ0v) is 16.5. The van der Waals surface area contributed by atoms with Crippen LogP contribution in [0.4, 0.5) is 5.69 Å². The van der Waals surface area contributed by atoms with Gasteiger partial charge in [0.25, 0.3) is 8.32 Å². The summed E-state index contributed by atoms with van der Waals surface area (Å²) < 4.78 is 31.8. The molecule has 0 aromatic heterocycles. The van der Waals surface area contributed by atoms with E-state index in [1.165, 1.54) is 0 Å². The zero-order chi connectivity index (χ0) is 17.1. The third-order valence-corrected chi connectivity index (χ3v) is 10.7. The Balaban J connectivity index is 3.17. The lowest BCUT2D eigenvalue weighted by Crippen LogP contribution is -2.50. The molecule has 1 aromatic carbocycles. The molecule has 0 saturated carbocycles. The Kier molecular flexibility index (Phi) is 6.09. The molecule has 0 atom stereocenters. The van der Waals surface area contributed by atoms with Crippen LogP contribution in [0.5, 0.6) is 5.75 Å². The van der Waals surface area contributed by atoms with Gasteiger partial charge in [-0.2, -0.15) is 0 Å². The number of sulfonamides is 1. The summed E-state index contributed by atoms with van der Waals surface area (Å²) in [5.41, 5.74) is 1.95. The van der Waals surface area contributed by atoms with E-state index < -0.39 is 18.3 Å². The number of nitrogens with one attached hydrogen (secondary N) is 1. The summed E-state index contributed by atoms with van der Waals surface area (Å²) in [6, 6.07) is 7.23. The average molecular weight is 344 g/mol. The summed E-state index contributed by atoms with van der Waals surface area (Å²) in [6.07, 6.45) is 1.15. The lowest BCUT2D eigenvalue weighted by molar-refractivity contribution is 0.480. The molecule has 0 radical (unpaired) electrons. The summed E-state index contributed by atoms with van der Waals surface area (Å²) in [5, 5.41) is 0. The maximum Gasteiger partial charge on any atom is 0.258 e. The van der Waals surface area contributed by atoms with Crippen LogP contribution in [0.1, 0.15) is 41.5 Å². The number of benzene rings is 1. The SMILES string of the molecule is CC(C)[Si](Oc1cccc(NS(C)(=O)=O)c1)(C(C)C)C(C)C. The van der Waals surface area contributed by atoms with E-state index in [0.29, 0.717) is 22.3 Å². The largest absolute Gasteiger partial charge is 0.543 e. The van der Waals surface area contributed by atoms with Gasteiger partial charge in [-0.3, -0.25) is 4.72 Å². The highest BCUT2D eigenvalue weighted by Crippen LogP contribution is 2.42. The molecular formula is C16H29NO3SSi. The first-order valence-corrected chi connectivity index (χ1v) is 11.8. The first kappa shape index (κ1) is 19.0. The van der Waals surface area contributed by atoms with Crippen molar-refractivity contribution in [3.8, 4) is 5.75 Å². The molecule has 0 heterocycles. The van der Waals surface area contributed by atoms with Gasteiger partial charge in [0.05, 0.1) is 11.9 Å². The van der Waals surface area contributed by atoms with Crippen LogP contribution in [0.3, 0.4) is 0 Å². The summed E-state index contributed by atoms with van der Waals surface area (Å²) in [6.45, 7) is 13.4. The standard InChI is InChI=1S/C16H29NO3SSi/c1-12(2)22(13(3)4,14(5)6)20-16-10-8-9-15(11-16)17-21(7,18)19/h8-14,17H,1-7H3. The van der Waals surface area contributed by atoms with Crippen molar-refractivity contribution in [3.63, 3.8) is 0 Å². The van der Waals surface area contributed by atoms with E-state index in [4.69, 9.17) is 4.43 Å². The fraction of sp³-hybridized carbons (Fsp3) is 0.625. The van der Waals surface area contributed by atoms with Gasteiger partial charge in [-0.15, -0.1) is 0 Å². The second kappa shape index (κ2) is 7.04. The van der Waals surface area contributed by atoms with Gasteiger partial charge in [0.15, 0.2) is 0 Å². The predicted molar refractivity (Wildman–Crippen MR) is 96.6 cm³/mol. The van der Waals surface area contributed by atoms with E-state index in [-0.39, 0.29) is 0 Å². The van der Waals surface area contributed by atoms with Crippen LogP contribution < -0.4 is 9.15 Å². The Morgan fingerprint density at radius 3 is 1.91 bits per heavy atom. The highest BCUT2D eigenvalue weighted by atomic mass is 32.2. The van der Waals surface area contributed by atoms with Gasteiger partial charge in [0.2, 0.25) is 10.0 Å². The highest BCUT2D eigenvalue weighted by molar-refractivity contribution is 7.92. The van der Waals surface area contributed by atoms with Gasteiger partial charge in [-0.25, -0.2) is 8.42 Å². The van der Waals surface area contributed by atoms with Gasteiger partial charge in [-0.1, -0.05) is 47.6 Å². The van der Waals surface area contributed by atoms with E-state index >= 15 is 0 Å². The van der Waals surface area contributed by atoms with Crippen LogP contribution in [0.25, 0.3) is 0 Å². The third kappa shape index (κ3) is 4.49. The van der Waals surface area contributed by atoms with Crippen molar-refractivity contribution in [3.05, 3.63) is 24.3 Å². The molecule has 126 valence electrons. The van der Waals surface area contributed by atoms with E-state index in [2.05, 4.69) is 46.3 Å². The molecule has 0 bridgehead atoms. The molecular weight excluding hydrogens is 314 g/mol. The first-order valence-electron chi connectivity index (χ1n) is 7.76. The maximum atomic E-state index is 11.4. The Hall–Kier alpha value is -1.01. The Bertz CT molecular complexity index is 575. The monoisotopic (exact) mass is 343 g/mol. The molecule has 1 aromatic rings. The molecule has 22 heavy (non-hydrogen) atoms. The Morgan fingerprint density at radius 1 is 1.00 bits per heavy atom. The van der Waals surface area contributed by atoms with Gasteiger partial charge >= 0.3 is 0 Å². The van der Waals surface area contributed by atoms with E-state index in [0.717, 1.165) is 12.0 Å². The second-order valence-electron chi connectivity index (χ2n) is 6.82. The number of hydrogen-bond donors (Lipinski definition) is 1. The smallest absolute Gasteiger partial charge is 0.258 e. The van der Waals surface area contributed by atoms with Gasteiger partial charge in [0, 0.05) is 6.07 Å². The van der Waals surface area contributed by atoms with Crippen LogP contribution >= 0.6 is 0 Å². The van der Waals surface area contributed by atoms with Crippen LogP contribution in [0, 0.1) is 0 Å². The molecule has 1 N–H and O–H groups in total. The van der Waals surface area contributed by atoms with Crippen LogP contribution in [-0.4, -0.2) is 23.0 Å². The molecule has 0 unspecified atom stereocenters. The summed E-state index contributed by atoms with van der Waals surface area (Å²) in [5.74, 6) is 0.747. The Morgan fingerprint density at radius 2 is 1.50 bits per heavy atom. The highest BCUT2D eigenvalue weighted by Gasteiger charge is 2.46. The van der Waals surface area contributed by atoms with Crippen molar-refractivity contribution in [2.45, 2.75) is 58.2 Å². The topological polar surface area (TPSA) is 55.4 Å². The molecule has 1 rings (SSSR count). The molecule has 0 spiro atoms. The van der Waals surface area contributed by atoms with Crippen molar-refractivity contribution in [1.82, 2.24) is 0 Å². The van der Waals surface area contributed by atoms with Gasteiger partial charge < -0.3 is 4.43 Å². The quantitative estimate of drug-likeness (QED) is 0.735. The lowest BCUT2D eigenvalue weighted by Gasteiger charge is -2.42.